The van der Waals surface area contributed by atoms with Crippen molar-refractivity contribution in [2.75, 3.05) is 13.6 Å². The second-order valence-corrected chi connectivity index (χ2v) is 3.83. The van der Waals surface area contributed by atoms with Crippen LogP contribution in [0.15, 0.2) is 22.9 Å². The van der Waals surface area contributed by atoms with Crippen LogP contribution < -0.4 is 0 Å². The molecule has 76 valence electrons. The molecule has 3 heteroatoms. The van der Waals surface area contributed by atoms with Crippen molar-refractivity contribution in [2.24, 2.45) is 0 Å². The molecular formula is C11H16N2O. The standard InChI is InChI=1S/C11H16N2O/c1-13-9-3-5-10(13)4-2-6-11-7-8-12-14-11/h2,6-8,10H,3-5,9H2,1H3/b6-2+. The molecule has 0 amide bonds. The predicted molar refractivity (Wildman–Crippen MR) is 55.8 cm³/mol. The van der Waals surface area contributed by atoms with E-state index in [4.69, 9.17) is 4.52 Å². The highest BCUT2D eigenvalue weighted by atomic mass is 16.5. The van der Waals surface area contributed by atoms with Crippen LogP contribution in [0.3, 0.4) is 0 Å². The summed E-state index contributed by atoms with van der Waals surface area (Å²) in [6, 6.07) is 2.59. The quantitative estimate of drug-likeness (QED) is 0.735. The molecule has 0 radical (unpaired) electrons. The third-order valence-electron chi connectivity index (χ3n) is 2.82. The molecule has 0 bridgehead atoms. The zero-order valence-electron chi connectivity index (χ0n) is 8.52. The summed E-state index contributed by atoms with van der Waals surface area (Å²) in [5.41, 5.74) is 0. The molecule has 1 atom stereocenters. The van der Waals surface area contributed by atoms with Gasteiger partial charge < -0.3 is 9.42 Å². The van der Waals surface area contributed by atoms with Gasteiger partial charge in [0.25, 0.3) is 0 Å². The Bertz CT molecular complexity index is 292. The van der Waals surface area contributed by atoms with E-state index in [0.29, 0.717) is 6.04 Å². The number of hydrogen-bond acceptors (Lipinski definition) is 3. The monoisotopic (exact) mass is 192 g/mol. The van der Waals surface area contributed by atoms with E-state index in [0.717, 1.165) is 12.2 Å². The third kappa shape index (κ3) is 2.23. The van der Waals surface area contributed by atoms with Crippen LogP contribution in [0.2, 0.25) is 0 Å². The normalized spacial score (nSPS) is 23.6. The Morgan fingerprint density at radius 2 is 2.64 bits per heavy atom. The first-order valence-corrected chi connectivity index (χ1v) is 5.14. The second kappa shape index (κ2) is 4.42. The molecule has 0 aliphatic carbocycles. The second-order valence-electron chi connectivity index (χ2n) is 3.83. The Labute approximate surface area is 84.4 Å². The van der Waals surface area contributed by atoms with E-state index in [-0.39, 0.29) is 0 Å². The van der Waals surface area contributed by atoms with Gasteiger partial charge in [0.15, 0.2) is 5.76 Å². The lowest BCUT2D eigenvalue weighted by Crippen LogP contribution is -2.23. The molecule has 0 spiro atoms. The van der Waals surface area contributed by atoms with Crippen molar-refractivity contribution in [3.05, 3.63) is 24.1 Å². The summed E-state index contributed by atoms with van der Waals surface area (Å²) < 4.78 is 4.97. The molecule has 14 heavy (non-hydrogen) atoms. The molecule has 0 aromatic carbocycles. The lowest BCUT2D eigenvalue weighted by molar-refractivity contribution is 0.313. The van der Waals surface area contributed by atoms with Crippen molar-refractivity contribution in [1.29, 1.82) is 0 Å². The fraction of sp³-hybridized carbons (Fsp3) is 0.545. The van der Waals surface area contributed by atoms with Crippen molar-refractivity contribution >= 4 is 6.08 Å². The van der Waals surface area contributed by atoms with E-state index in [9.17, 15) is 0 Å². The minimum Gasteiger partial charge on any atom is -0.357 e. The van der Waals surface area contributed by atoms with Crippen LogP contribution in [0.5, 0.6) is 0 Å². The summed E-state index contributed by atoms with van der Waals surface area (Å²) >= 11 is 0. The summed E-state index contributed by atoms with van der Waals surface area (Å²) in [7, 11) is 2.19. The van der Waals surface area contributed by atoms with Gasteiger partial charge in [0, 0.05) is 12.1 Å². The van der Waals surface area contributed by atoms with Gasteiger partial charge in [-0.2, -0.15) is 0 Å². The zero-order valence-corrected chi connectivity index (χ0v) is 8.52. The fourth-order valence-electron chi connectivity index (χ4n) is 1.93. The van der Waals surface area contributed by atoms with Gasteiger partial charge in [-0.3, -0.25) is 0 Å². The maximum atomic E-state index is 4.97. The van der Waals surface area contributed by atoms with Crippen LogP contribution >= 0.6 is 0 Å². The molecule has 2 rings (SSSR count). The van der Waals surface area contributed by atoms with Crippen LogP contribution in [0, 0.1) is 0 Å². The smallest absolute Gasteiger partial charge is 0.159 e. The molecule has 1 aliphatic heterocycles. The van der Waals surface area contributed by atoms with E-state index in [1.165, 1.54) is 19.4 Å². The van der Waals surface area contributed by atoms with Gasteiger partial charge in [0.1, 0.15) is 0 Å². The number of likely N-dealkylation sites (tertiary alicyclic amines) is 1. The lowest BCUT2D eigenvalue weighted by Gasteiger charge is -2.16. The summed E-state index contributed by atoms with van der Waals surface area (Å²) in [4.78, 5) is 2.42. The number of rotatable bonds is 3. The van der Waals surface area contributed by atoms with Crippen LogP contribution in [-0.4, -0.2) is 29.7 Å². The molecule has 1 saturated heterocycles. The topological polar surface area (TPSA) is 29.3 Å². The van der Waals surface area contributed by atoms with Crippen molar-refractivity contribution in [2.45, 2.75) is 25.3 Å². The lowest BCUT2D eigenvalue weighted by atomic mass is 10.1. The van der Waals surface area contributed by atoms with E-state index in [1.807, 2.05) is 12.1 Å². The minimum absolute atomic E-state index is 0.717. The van der Waals surface area contributed by atoms with Crippen molar-refractivity contribution < 1.29 is 4.52 Å². The number of hydrogen-bond donors (Lipinski definition) is 0. The maximum Gasteiger partial charge on any atom is 0.159 e. The molecule has 2 heterocycles. The molecule has 3 nitrogen and oxygen atoms in total. The van der Waals surface area contributed by atoms with E-state index in [1.54, 1.807) is 6.20 Å². The minimum atomic E-state index is 0.717. The summed E-state index contributed by atoms with van der Waals surface area (Å²) in [5.74, 6) is 0.839. The zero-order chi connectivity index (χ0) is 9.80. The summed E-state index contributed by atoms with van der Waals surface area (Å²) in [6.45, 7) is 1.24. The number of aromatic nitrogens is 1. The summed E-state index contributed by atoms with van der Waals surface area (Å²) in [6.07, 6.45) is 9.60. The summed E-state index contributed by atoms with van der Waals surface area (Å²) in [5, 5.41) is 3.65. The van der Waals surface area contributed by atoms with E-state index >= 15 is 0 Å². The average molecular weight is 192 g/mol. The Morgan fingerprint density at radius 3 is 3.29 bits per heavy atom. The molecule has 1 aromatic heterocycles. The van der Waals surface area contributed by atoms with E-state index < -0.39 is 0 Å². The molecule has 1 unspecified atom stereocenters. The fourth-order valence-corrected chi connectivity index (χ4v) is 1.93. The molecule has 0 saturated carbocycles. The average Bonchev–Trinajstić information content (AvgIpc) is 2.78. The van der Waals surface area contributed by atoms with Crippen molar-refractivity contribution in [1.82, 2.24) is 10.1 Å². The van der Waals surface area contributed by atoms with Gasteiger partial charge in [-0.05, 0) is 38.9 Å². The number of nitrogens with zero attached hydrogens (tertiary/aromatic N) is 2. The van der Waals surface area contributed by atoms with Crippen LogP contribution in [-0.2, 0) is 0 Å². The third-order valence-corrected chi connectivity index (χ3v) is 2.82. The SMILES string of the molecule is CN1CCCC1C/C=C/c1ccno1. The van der Waals surface area contributed by atoms with Gasteiger partial charge in [-0.15, -0.1) is 0 Å². The molecule has 0 N–H and O–H groups in total. The van der Waals surface area contributed by atoms with Gasteiger partial charge in [-0.25, -0.2) is 0 Å². The van der Waals surface area contributed by atoms with Gasteiger partial charge in [-0.1, -0.05) is 11.2 Å². The maximum absolute atomic E-state index is 4.97. The first-order chi connectivity index (χ1) is 6.86. The highest BCUT2D eigenvalue weighted by Crippen LogP contribution is 2.18. The van der Waals surface area contributed by atoms with Crippen LogP contribution in [0.1, 0.15) is 25.0 Å². The van der Waals surface area contributed by atoms with Gasteiger partial charge in [0.2, 0.25) is 0 Å². The highest BCUT2D eigenvalue weighted by molar-refractivity contribution is 5.41. The first kappa shape index (κ1) is 9.46. The Hall–Kier alpha value is -1.09. The Balaban J connectivity index is 1.82. The molecule has 1 aliphatic rings. The Morgan fingerprint density at radius 1 is 1.71 bits per heavy atom. The highest BCUT2D eigenvalue weighted by Gasteiger charge is 2.18. The molecule has 1 aromatic rings. The molecular weight excluding hydrogens is 176 g/mol. The first-order valence-electron chi connectivity index (χ1n) is 5.14. The Kier molecular flexibility index (Phi) is 2.99. The van der Waals surface area contributed by atoms with Crippen LogP contribution in [0.25, 0.3) is 6.08 Å². The van der Waals surface area contributed by atoms with Gasteiger partial charge >= 0.3 is 0 Å². The van der Waals surface area contributed by atoms with Crippen molar-refractivity contribution in [3.8, 4) is 0 Å². The van der Waals surface area contributed by atoms with Crippen LogP contribution in [0.4, 0.5) is 0 Å². The molecule has 1 fully saturated rings. The largest absolute Gasteiger partial charge is 0.357 e. The van der Waals surface area contributed by atoms with Gasteiger partial charge in [0.05, 0.1) is 6.20 Å². The predicted octanol–water partition coefficient (Wildman–Crippen LogP) is 2.17. The van der Waals surface area contributed by atoms with E-state index in [2.05, 4.69) is 23.2 Å². The van der Waals surface area contributed by atoms with Crippen molar-refractivity contribution in [3.63, 3.8) is 0 Å².